The summed E-state index contributed by atoms with van der Waals surface area (Å²) in [7, 11) is 0. The van der Waals surface area contributed by atoms with Gasteiger partial charge in [0, 0.05) is 18.5 Å². The first-order chi connectivity index (χ1) is 16.3. The van der Waals surface area contributed by atoms with Crippen LogP contribution in [0.4, 0.5) is 5.69 Å². The van der Waals surface area contributed by atoms with Gasteiger partial charge in [-0.15, -0.1) is 0 Å². The van der Waals surface area contributed by atoms with Crippen LogP contribution in [0.25, 0.3) is 0 Å². The van der Waals surface area contributed by atoms with Crippen molar-refractivity contribution in [2.24, 2.45) is 5.10 Å². The fraction of sp³-hybridized carbons (Fsp3) is 0.160. The average molecular weight is 563 g/mol. The minimum atomic E-state index is -0.350. The van der Waals surface area contributed by atoms with Crippen molar-refractivity contribution in [3.05, 3.63) is 91.9 Å². The molecule has 3 aromatic rings. The van der Waals surface area contributed by atoms with Crippen molar-refractivity contribution in [3.63, 3.8) is 0 Å². The summed E-state index contributed by atoms with van der Waals surface area (Å²) in [4.78, 5) is 24.0. The highest BCUT2D eigenvalue weighted by atomic mass is 79.9. The molecular weight excluding hydrogens is 541 g/mol. The molecule has 0 radical (unpaired) electrons. The summed E-state index contributed by atoms with van der Waals surface area (Å²) in [6.07, 6.45) is 1.60. The summed E-state index contributed by atoms with van der Waals surface area (Å²) >= 11 is 15.4. The Bertz CT molecular complexity index is 1220. The standard InChI is InChI=1S/C25H22BrCl2N3O3/c1-16-4-2-3-5-22(16)30-24(32)10-11-25(33)31-29-14-17-7-9-23(19(26)12-17)34-15-18-6-8-20(27)21(28)13-18/h2-9,12-14H,10-11,15H2,1H3,(H,30,32)(H,31,33). The van der Waals surface area contributed by atoms with Gasteiger partial charge < -0.3 is 10.1 Å². The number of hydrogen-bond acceptors (Lipinski definition) is 4. The highest BCUT2D eigenvalue weighted by Crippen LogP contribution is 2.28. The fourth-order valence-electron chi connectivity index (χ4n) is 2.89. The smallest absolute Gasteiger partial charge is 0.240 e. The van der Waals surface area contributed by atoms with Gasteiger partial charge in [0.1, 0.15) is 12.4 Å². The van der Waals surface area contributed by atoms with E-state index in [2.05, 4.69) is 31.8 Å². The van der Waals surface area contributed by atoms with Crippen LogP contribution in [0.1, 0.15) is 29.5 Å². The normalized spacial score (nSPS) is 10.8. The zero-order valence-corrected chi connectivity index (χ0v) is 21.4. The summed E-state index contributed by atoms with van der Waals surface area (Å²) in [5, 5.41) is 7.72. The van der Waals surface area contributed by atoms with Gasteiger partial charge in [-0.05, 0) is 75.9 Å². The molecule has 0 aliphatic heterocycles. The van der Waals surface area contributed by atoms with Crippen LogP contribution in [0.3, 0.4) is 0 Å². The molecule has 176 valence electrons. The van der Waals surface area contributed by atoms with E-state index in [1.165, 1.54) is 6.21 Å². The number of para-hydroxylation sites is 1. The number of carbonyl (C=O) groups excluding carboxylic acids is 2. The van der Waals surface area contributed by atoms with E-state index < -0.39 is 0 Å². The van der Waals surface area contributed by atoms with Crippen molar-refractivity contribution >= 4 is 62.8 Å². The number of benzene rings is 3. The van der Waals surface area contributed by atoms with Crippen LogP contribution in [0.15, 0.2) is 70.2 Å². The molecule has 3 aromatic carbocycles. The molecule has 0 saturated heterocycles. The highest BCUT2D eigenvalue weighted by molar-refractivity contribution is 9.10. The lowest BCUT2D eigenvalue weighted by molar-refractivity contribution is -0.124. The molecule has 0 heterocycles. The van der Waals surface area contributed by atoms with Crippen LogP contribution in [0, 0.1) is 6.92 Å². The van der Waals surface area contributed by atoms with Crippen LogP contribution >= 0.6 is 39.1 Å². The van der Waals surface area contributed by atoms with Crippen molar-refractivity contribution in [1.29, 1.82) is 0 Å². The molecule has 0 bridgehead atoms. The number of carbonyl (C=O) groups is 2. The molecule has 3 rings (SSSR count). The van der Waals surface area contributed by atoms with Gasteiger partial charge in [-0.3, -0.25) is 9.59 Å². The van der Waals surface area contributed by atoms with Crippen molar-refractivity contribution in [2.45, 2.75) is 26.4 Å². The average Bonchev–Trinajstić information content (AvgIpc) is 2.81. The molecule has 0 fully saturated rings. The van der Waals surface area contributed by atoms with Crippen LogP contribution < -0.4 is 15.5 Å². The van der Waals surface area contributed by atoms with Gasteiger partial charge in [0.2, 0.25) is 11.8 Å². The summed E-state index contributed by atoms with van der Waals surface area (Å²) in [6.45, 7) is 2.24. The number of hydrazone groups is 1. The Morgan fingerprint density at radius 1 is 1.00 bits per heavy atom. The summed E-state index contributed by atoms with van der Waals surface area (Å²) in [5.74, 6) is 0.0672. The molecule has 9 heteroatoms. The Morgan fingerprint density at radius 2 is 1.76 bits per heavy atom. The van der Waals surface area contributed by atoms with Crippen LogP contribution in [-0.2, 0) is 16.2 Å². The number of nitrogens with zero attached hydrogens (tertiary/aromatic N) is 1. The van der Waals surface area contributed by atoms with Gasteiger partial charge in [-0.2, -0.15) is 5.10 Å². The van der Waals surface area contributed by atoms with Gasteiger partial charge in [0.15, 0.2) is 0 Å². The zero-order chi connectivity index (χ0) is 24.5. The van der Waals surface area contributed by atoms with Gasteiger partial charge in [-0.1, -0.05) is 47.5 Å². The third-order valence-electron chi connectivity index (χ3n) is 4.74. The SMILES string of the molecule is Cc1ccccc1NC(=O)CCC(=O)NN=Cc1ccc(OCc2ccc(Cl)c(Cl)c2)c(Br)c1. The van der Waals surface area contributed by atoms with E-state index in [1.807, 2.05) is 43.3 Å². The number of aryl methyl sites for hydroxylation is 1. The number of nitrogens with one attached hydrogen (secondary N) is 2. The number of hydrogen-bond donors (Lipinski definition) is 2. The second-order valence-electron chi connectivity index (χ2n) is 7.38. The third-order valence-corrected chi connectivity index (χ3v) is 6.09. The first-order valence-corrected chi connectivity index (χ1v) is 11.9. The number of anilines is 1. The Balaban J connectivity index is 1.44. The minimum absolute atomic E-state index is 0.0280. The second kappa shape index (κ2) is 12.6. The van der Waals surface area contributed by atoms with Gasteiger partial charge in [-0.25, -0.2) is 5.43 Å². The van der Waals surface area contributed by atoms with Crippen molar-refractivity contribution in [3.8, 4) is 5.75 Å². The lowest BCUT2D eigenvalue weighted by atomic mass is 10.2. The van der Waals surface area contributed by atoms with Crippen molar-refractivity contribution < 1.29 is 14.3 Å². The maximum absolute atomic E-state index is 12.1. The predicted molar refractivity (Wildman–Crippen MR) is 140 cm³/mol. The summed E-state index contributed by atoms with van der Waals surface area (Å²) in [5.41, 5.74) is 5.78. The van der Waals surface area contributed by atoms with Gasteiger partial charge >= 0.3 is 0 Å². The largest absolute Gasteiger partial charge is 0.488 e. The topological polar surface area (TPSA) is 79.8 Å². The molecule has 2 amide bonds. The van der Waals surface area contributed by atoms with Crippen LogP contribution in [0.5, 0.6) is 5.75 Å². The highest BCUT2D eigenvalue weighted by Gasteiger charge is 2.08. The molecule has 0 aromatic heterocycles. The molecule has 0 unspecified atom stereocenters. The van der Waals surface area contributed by atoms with E-state index in [1.54, 1.807) is 24.3 Å². The number of rotatable bonds is 9. The molecule has 0 saturated carbocycles. The zero-order valence-electron chi connectivity index (χ0n) is 18.3. The van der Waals surface area contributed by atoms with Crippen molar-refractivity contribution in [2.75, 3.05) is 5.32 Å². The summed E-state index contributed by atoms with van der Waals surface area (Å²) in [6, 6.07) is 18.2. The molecular formula is C25H22BrCl2N3O3. The number of amides is 2. The van der Waals surface area contributed by atoms with E-state index in [4.69, 9.17) is 27.9 Å². The molecule has 0 atom stereocenters. The monoisotopic (exact) mass is 561 g/mol. The second-order valence-corrected chi connectivity index (χ2v) is 9.05. The predicted octanol–water partition coefficient (Wildman–Crippen LogP) is 6.51. The van der Waals surface area contributed by atoms with Crippen molar-refractivity contribution in [1.82, 2.24) is 5.43 Å². The van der Waals surface area contributed by atoms with E-state index >= 15 is 0 Å². The Labute approximate surface area is 216 Å². The Hall–Kier alpha value is -2.87. The Kier molecular flexibility index (Phi) is 9.51. The van der Waals surface area contributed by atoms with E-state index in [0.717, 1.165) is 26.9 Å². The quantitative estimate of drug-likeness (QED) is 0.230. The number of halogens is 3. The van der Waals surface area contributed by atoms with Crippen LogP contribution in [0.2, 0.25) is 10.0 Å². The summed E-state index contributed by atoms with van der Waals surface area (Å²) < 4.78 is 6.55. The van der Waals surface area contributed by atoms with E-state index in [9.17, 15) is 9.59 Å². The van der Waals surface area contributed by atoms with E-state index in [-0.39, 0.29) is 24.7 Å². The first-order valence-electron chi connectivity index (χ1n) is 10.4. The first kappa shape index (κ1) is 25.7. The minimum Gasteiger partial charge on any atom is -0.488 e. The lowest BCUT2D eigenvalue weighted by Gasteiger charge is -2.09. The molecule has 2 N–H and O–H groups in total. The maximum Gasteiger partial charge on any atom is 0.240 e. The van der Waals surface area contributed by atoms with E-state index in [0.29, 0.717) is 22.4 Å². The molecule has 34 heavy (non-hydrogen) atoms. The molecule has 6 nitrogen and oxygen atoms in total. The third kappa shape index (κ3) is 7.87. The fourth-order valence-corrected chi connectivity index (χ4v) is 3.72. The molecule has 0 aliphatic rings. The molecule has 0 spiro atoms. The maximum atomic E-state index is 12.1. The van der Waals surface area contributed by atoms with Gasteiger partial charge in [0.05, 0.1) is 20.7 Å². The van der Waals surface area contributed by atoms with Crippen LogP contribution in [-0.4, -0.2) is 18.0 Å². The molecule has 0 aliphatic carbocycles. The lowest BCUT2D eigenvalue weighted by Crippen LogP contribution is -2.20. The number of ether oxygens (including phenoxy) is 1. The van der Waals surface area contributed by atoms with Gasteiger partial charge in [0.25, 0.3) is 0 Å². The Morgan fingerprint density at radius 3 is 2.50 bits per heavy atom.